The molecule has 1 amide bonds. The van der Waals surface area contributed by atoms with Crippen molar-refractivity contribution in [3.8, 4) is 11.5 Å². The van der Waals surface area contributed by atoms with Crippen molar-refractivity contribution >= 4 is 5.91 Å². The molecule has 0 saturated carbocycles. The van der Waals surface area contributed by atoms with E-state index in [1.807, 2.05) is 18.7 Å². The fourth-order valence-corrected chi connectivity index (χ4v) is 4.36. The lowest BCUT2D eigenvalue weighted by molar-refractivity contribution is -0.129. The summed E-state index contributed by atoms with van der Waals surface area (Å²) in [6, 6.07) is 4.65. The van der Waals surface area contributed by atoms with Crippen molar-refractivity contribution in [1.29, 1.82) is 0 Å². The number of benzene rings is 1. The van der Waals surface area contributed by atoms with Crippen molar-refractivity contribution in [3.05, 3.63) is 23.3 Å². The third-order valence-electron chi connectivity index (χ3n) is 5.67. The average molecular weight is 360 g/mol. The number of fused-ring (bicyclic) bond motifs is 4. The maximum absolute atomic E-state index is 11.9. The number of hydrogen-bond donors (Lipinski definition) is 0. The Kier molecular flexibility index (Phi) is 6.07. The van der Waals surface area contributed by atoms with Gasteiger partial charge in [0, 0.05) is 50.3 Å². The highest BCUT2D eigenvalue weighted by Gasteiger charge is 2.35. The molecule has 26 heavy (non-hydrogen) atoms. The zero-order chi connectivity index (χ0) is 18.7. The molecule has 5 nitrogen and oxygen atoms in total. The summed E-state index contributed by atoms with van der Waals surface area (Å²) in [5.41, 5.74) is 2.30. The second-order valence-corrected chi connectivity index (χ2v) is 7.49. The number of amides is 1. The van der Waals surface area contributed by atoms with Crippen LogP contribution in [0.25, 0.3) is 0 Å². The molecule has 2 bridgehead atoms. The number of nitrogens with zero attached hydrogens (tertiary/aromatic N) is 2. The molecule has 0 spiro atoms. The summed E-state index contributed by atoms with van der Waals surface area (Å²) in [6.45, 7) is 12.8. The van der Waals surface area contributed by atoms with Crippen LogP contribution in [-0.2, 0) is 11.3 Å². The summed E-state index contributed by atoms with van der Waals surface area (Å²) in [7, 11) is 0. The van der Waals surface area contributed by atoms with Gasteiger partial charge in [-0.15, -0.1) is 0 Å². The molecule has 0 radical (unpaired) electrons. The Bertz CT molecular complexity index is 646. The Balaban J connectivity index is 1.82. The van der Waals surface area contributed by atoms with Crippen molar-refractivity contribution in [1.82, 2.24) is 9.80 Å². The first-order valence-corrected chi connectivity index (χ1v) is 9.91. The quantitative estimate of drug-likeness (QED) is 0.781. The Morgan fingerprint density at radius 1 is 1.12 bits per heavy atom. The SMILES string of the molecule is CCOc1ccc(CN2C[C@H]3CC[C@@H]2CN(C(C)=O)C3)c(OCC)c1C. The van der Waals surface area contributed by atoms with Crippen LogP contribution >= 0.6 is 0 Å². The minimum Gasteiger partial charge on any atom is -0.493 e. The van der Waals surface area contributed by atoms with E-state index in [9.17, 15) is 4.79 Å². The second-order valence-electron chi connectivity index (χ2n) is 7.49. The van der Waals surface area contributed by atoms with E-state index in [4.69, 9.17) is 9.47 Å². The smallest absolute Gasteiger partial charge is 0.219 e. The molecule has 0 aliphatic carbocycles. The van der Waals surface area contributed by atoms with Crippen LogP contribution in [0.4, 0.5) is 0 Å². The minimum atomic E-state index is 0.204. The van der Waals surface area contributed by atoms with Crippen LogP contribution in [0.15, 0.2) is 12.1 Å². The average Bonchev–Trinajstić information content (AvgIpc) is 2.93. The number of ether oxygens (including phenoxy) is 2. The van der Waals surface area contributed by atoms with Gasteiger partial charge >= 0.3 is 0 Å². The van der Waals surface area contributed by atoms with Crippen molar-refractivity contribution in [2.45, 2.75) is 53.1 Å². The van der Waals surface area contributed by atoms with Crippen LogP contribution in [0.2, 0.25) is 0 Å². The van der Waals surface area contributed by atoms with Gasteiger partial charge in [-0.2, -0.15) is 0 Å². The van der Waals surface area contributed by atoms with Crippen molar-refractivity contribution < 1.29 is 14.3 Å². The summed E-state index contributed by atoms with van der Waals surface area (Å²) in [5, 5.41) is 0. The van der Waals surface area contributed by atoms with Crippen LogP contribution in [-0.4, -0.2) is 54.6 Å². The van der Waals surface area contributed by atoms with Crippen molar-refractivity contribution in [3.63, 3.8) is 0 Å². The Morgan fingerprint density at radius 2 is 1.88 bits per heavy atom. The highest BCUT2D eigenvalue weighted by molar-refractivity contribution is 5.73. The molecule has 0 N–H and O–H groups in total. The Morgan fingerprint density at radius 3 is 2.58 bits per heavy atom. The molecule has 1 aromatic carbocycles. The third kappa shape index (κ3) is 3.98. The lowest BCUT2D eigenvalue weighted by atomic mass is 9.94. The summed E-state index contributed by atoms with van der Waals surface area (Å²) in [4.78, 5) is 16.5. The predicted octanol–water partition coefficient (Wildman–Crippen LogP) is 3.24. The monoisotopic (exact) mass is 360 g/mol. The van der Waals surface area contributed by atoms with Gasteiger partial charge in [-0.25, -0.2) is 0 Å². The predicted molar refractivity (Wildman–Crippen MR) is 103 cm³/mol. The highest BCUT2D eigenvalue weighted by atomic mass is 16.5. The van der Waals surface area contributed by atoms with E-state index in [0.29, 0.717) is 25.2 Å². The van der Waals surface area contributed by atoms with Crippen molar-refractivity contribution in [2.24, 2.45) is 5.92 Å². The van der Waals surface area contributed by atoms with E-state index < -0.39 is 0 Å². The first-order valence-electron chi connectivity index (χ1n) is 9.91. The molecule has 0 aromatic heterocycles. The van der Waals surface area contributed by atoms with Gasteiger partial charge in [0.15, 0.2) is 0 Å². The number of carbonyl (C=O) groups excluding carboxylic acids is 1. The molecule has 3 saturated heterocycles. The summed E-state index contributed by atoms with van der Waals surface area (Å²) >= 11 is 0. The molecule has 1 aromatic rings. The maximum Gasteiger partial charge on any atom is 0.219 e. The van der Waals surface area contributed by atoms with E-state index in [1.165, 1.54) is 18.4 Å². The largest absolute Gasteiger partial charge is 0.493 e. The molecule has 3 fully saturated rings. The van der Waals surface area contributed by atoms with Gasteiger partial charge in [0.25, 0.3) is 0 Å². The lowest BCUT2D eigenvalue weighted by Gasteiger charge is -2.36. The van der Waals surface area contributed by atoms with Gasteiger partial charge in [-0.3, -0.25) is 9.69 Å². The summed E-state index contributed by atoms with van der Waals surface area (Å²) in [5.74, 6) is 2.65. The molecule has 3 aliphatic rings. The number of carbonyl (C=O) groups is 1. The van der Waals surface area contributed by atoms with E-state index in [-0.39, 0.29) is 5.91 Å². The van der Waals surface area contributed by atoms with Gasteiger partial charge in [0.05, 0.1) is 13.2 Å². The molecule has 144 valence electrons. The minimum absolute atomic E-state index is 0.204. The van der Waals surface area contributed by atoms with Crippen LogP contribution in [0.3, 0.4) is 0 Å². The van der Waals surface area contributed by atoms with Crippen molar-refractivity contribution in [2.75, 3.05) is 32.8 Å². The van der Waals surface area contributed by atoms with E-state index >= 15 is 0 Å². The van der Waals surface area contributed by atoms with E-state index in [1.54, 1.807) is 6.92 Å². The third-order valence-corrected chi connectivity index (χ3v) is 5.67. The fraction of sp³-hybridized carbons (Fsp3) is 0.667. The maximum atomic E-state index is 11.9. The van der Waals surface area contributed by atoms with Gasteiger partial charge in [-0.05, 0) is 45.6 Å². The molecule has 0 unspecified atom stereocenters. The van der Waals surface area contributed by atoms with Gasteiger partial charge in [0.1, 0.15) is 11.5 Å². The summed E-state index contributed by atoms with van der Waals surface area (Å²) < 4.78 is 11.7. The molecule has 3 heterocycles. The second kappa shape index (κ2) is 8.30. The topological polar surface area (TPSA) is 42.0 Å². The zero-order valence-electron chi connectivity index (χ0n) is 16.6. The van der Waals surface area contributed by atoms with E-state index in [0.717, 1.165) is 43.2 Å². The Hall–Kier alpha value is -1.75. The van der Waals surface area contributed by atoms with Gasteiger partial charge in [-0.1, -0.05) is 6.07 Å². The van der Waals surface area contributed by atoms with E-state index in [2.05, 4.69) is 24.0 Å². The highest BCUT2D eigenvalue weighted by Crippen LogP contribution is 2.35. The lowest BCUT2D eigenvalue weighted by Crippen LogP contribution is -2.43. The first kappa shape index (κ1) is 19.0. The normalized spacial score (nSPS) is 23.0. The fourth-order valence-electron chi connectivity index (χ4n) is 4.36. The van der Waals surface area contributed by atoms with Gasteiger partial charge in [0.2, 0.25) is 5.91 Å². The zero-order valence-corrected chi connectivity index (χ0v) is 16.6. The Labute approximate surface area is 157 Å². The summed E-state index contributed by atoms with van der Waals surface area (Å²) in [6.07, 6.45) is 2.40. The van der Waals surface area contributed by atoms with Gasteiger partial charge < -0.3 is 14.4 Å². The molecule has 5 heteroatoms. The molecular weight excluding hydrogens is 328 g/mol. The van der Waals surface area contributed by atoms with Crippen LogP contribution in [0.5, 0.6) is 11.5 Å². The van der Waals surface area contributed by atoms with Crippen LogP contribution in [0, 0.1) is 12.8 Å². The number of rotatable bonds is 6. The number of hydrogen-bond acceptors (Lipinski definition) is 4. The standard InChI is InChI=1S/C21H32N2O3/c1-5-25-20-10-8-18(21(15(20)3)26-6-2)13-23-12-17-7-9-19(23)14-22(11-17)16(4)24/h8,10,17,19H,5-7,9,11-14H2,1-4H3/t17-,19+/m0/s1. The molecule has 4 rings (SSSR count). The molecular formula is C21H32N2O3. The molecule has 2 atom stereocenters. The number of piperidine rings is 1. The first-order chi connectivity index (χ1) is 12.5. The van der Waals surface area contributed by atoms with Crippen LogP contribution in [0.1, 0.15) is 44.7 Å². The van der Waals surface area contributed by atoms with Crippen LogP contribution < -0.4 is 9.47 Å². The molecule has 3 aliphatic heterocycles.